The minimum absolute atomic E-state index is 0.261. The van der Waals surface area contributed by atoms with E-state index < -0.39 is 0 Å². The van der Waals surface area contributed by atoms with Crippen LogP contribution in [0.2, 0.25) is 0 Å². The number of rotatable bonds is 10. The summed E-state index contributed by atoms with van der Waals surface area (Å²) < 4.78 is 14.1. The number of allylic oxidation sites excluding steroid dienone is 10. The molecule has 0 saturated heterocycles. The van der Waals surface area contributed by atoms with Gasteiger partial charge in [0.25, 0.3) is 0 Å². The van der Waals surface area contributed by atoms with Gasteiger partial charge in [-0.3, -0.25) is 0 Å². The van der Waals surface area contributed by atoms with Crippen LogP contribution in [0.3, 0.4) is 0 Å². The fourth-order valence-corrected chi connectivity index (χ4v) is 2.53. The third-order valence-corrected chi connectivity index (χ3v) is 3.81. The Morgan fingerprint density at radius 3 is 2.65 bits per heavy atom. The summed E-state index contributed by atoms with van der Waals surface area (Å²) in [6.45, 7) is 15.3. The Balaban J connectivity index is 2.79. The van der Waals surface area contributed by atoms with Crippen molar-refractivity contribution in [3.8, 4) is 0 Å². The maximum absolute atomic E-state index is 14.1. The predicted octanol–water partition coefficient (Wildman–Crippen LogP) is 7.10. The molecule has 0 aliphatic heterocycles. The van der Waals surface area contributed by atoms with Gasteiger partial charge >= 0.3 is 0 Å². The minimum atomic E-state index is -0.331. The molecule has 0 saturated carbocycles. The third kappa shape index (κ3) is 7.02. The fraction of sp³-hybridized carbons (Fsp3) is 0.208. The van der Waals surface area contributed by atoms with E-state index in [-0.39, 0.29) is 11.7 Å². The average molecular weight is 349 g/mol. The van der Waals surface area contributed by atoms with Gasteiger partial charge in [0.05, 0.1) is 11.4 Å². The molecule has 136 valence electrons. The van der Waals surface area contributed by atoms with Crippen molar-refractivity contribution >= 4 is 6.08 Å². The highest BCUT2D eigenvalue weighted by Gasteiger charge is 2.11. The van der Waals surface area contributed by atoms with E-state index in [1.165, 1.54) is 17.2 Å². The Bertz CT molecular complexity index is 747. The van der Waals surface area contributed by atoms with Gasteiger partial charge in [-0.15, -0.1) is 6.58 Å². The number of hydrogen-bond donors (Lipinski definition) is 0. The quantitative estimate of drug-likeness (QED) is 0.324. The summed E-state index contributed by atoms with van der Waals surface area (Å²) in [7, 11) is 0. The van der Waals surface area contributed by atoms with Crippen LogP contribution in [0.4, 0.5) is 4.39 Å². The van der Waals surface area contributed by atoms with E-state index in [1.54, 1.807) is 24.3 Å². The summed E-state index contributed by atoms with van der Waals surface area (Å²) in [4.78, 5) is 4.30. The van der Waals surface area contributed by atoms with Crippen molar-refractivity contribution in [2.75, 3.05) is 0 Å². The SMILES string of the molecule is C=C/C=C(\C=C/C)C/C(C)=C/C/C=C\C(C=C)c1nc(C=C)ccc1F. The molecule has 1 rings (SSSR count). The molecule has 1 atom stereocenters. The normalized spacial score (nSPS) is 14.0. The minimum Gasteiger partial charge on any atom is -0.249 e. The van der Waals surface area contributed by atoms with Gasteiger partial charge in [-0.25, -0.2) is 9.37 Å². The highest BCUT2D eigenvalue weighted by Crippen LogP contribution is 2.21. The van der Waals surface area contributed by atoms with E-state index in [0.29, 0.717) is 11.4 Å². The van der Waals surface area contributed by atoms with E-state index in [2.05, 4.69) is 43.8 Å². The lowest BCUT2D eigenvalue weighted by Crippen LogP contribution is -2.01. The zero-order valence-corrected chi connectivity index (χ0v) is 15.8. The van der Waals surface area contributed by atoms with Crippen LogP contribution in [0.5, 0.6) is 0 Å². The second kappa shape index (κ2) is 11.8. The average Bonchev–Trinajstić information content (AvgIpc) is 2.63. The van der Waals surface area contributed by atoms with E-state index in [1.807, 2.05) is 31.2 Å². The highest BCUT2D eigenvalue weighted by atomic mass is 19.1. The maximum atomic E-state index is 14.1. The molecular weight excluding hydrogens is 321 g/mol. The van der Waals surface area contributed by atoms with Gasteiger partial charge in [0.2, 0.25) is 0 Å². The Kier molecular flexibility index (Phi) is 9.63. The first-order valence-corrected chi connectivity index (χ1v) is 8.73. The zero-order valence-electron chi connectivity index (χ0n) is 15.8. The molecule has 26 heavy (non-hydrogen) atoms. The molecule has 2 heteroatoms. The van der Waals surface area contributed by atoms with Gasteiger partial charge in [-0.1, -0.05) is 67.3 Å². The summed E-state index contributed by atoms with van der Waals surface area (Å²) in [5, 5.41) is 0. The van der Waals surface area contributed by atoms with E-state index >= 15 is 0 Å². The van der Waals surface area contributed by atoms with Crippen LogP contribution in [-0.2, 0) is 0 Å². The molecule has 0 radical (unpaired) electrons. The van der Waals surface area contributed by atoms with Crippen LogP contribution >= 0.6 is 0 Å². The Morgan fingerprint density at radius 2 is 2.04 bits per heavy atom. The maximum Gasteiger partial charge on any atom is 0.145 e. The Hall–Kier alpha value is -2.74. The molecule has 0 amide bonds. The van der Waals surface area contributed by atoms with Crippen LogP contribution in [0.15, 0.2) is 91.6 Å². The number of hydrogen-bond acceptors (Lipinski definition) is 1. The van der Waals surface area contributed by atoms with Crippen LogP contribution in [-0.4, -0.2) is 4.98 Å². The molecule has 0 aromatic carbocycles. The van der Waals surface area contributed by atoms with Crippen LogP contribution in [0, 0.1) is 5.82 Å². The van der Waals surface area contributed by atoms with E-state index in [0.717, 1.165) is 12.8 Å². The second-order valence-corrected chi connectivity index (χ2v) is 5.94. The summed E-state index contributed by atoms with van der Waals surface area (Å²) in [6.07, 6.45) is 19.0. The van der Waals surface area contributed by atoms with Crippen molar-refractivity contribution in [2.24, 2.45) is 0 Å². The topological polar surface area (TPSA) is 12.9 Å². The lowest BCUT2D eigenvalue weighted by atomic mass is 10.0. The number of aromatic nitrogens is 1. The lowest BCUT2D eigenvalue weighted by molar-refractivity contribution is 0.598. The van der Waals surface area contributed by atoms with E-state index in [9.17, 15) is 4.39 Å². The first-order chi connectivity index (χ1) is 12.5. The Labute approximate surface area is 157 Å². The number of halogens is 1. The molecule has 1 aromatic heterocycles. The van der Waals surface area contributed by atoms with Gasteiger partial charge in [0.1, 0.15) is 5.82 Å². The van der Waals surface area contributed by atoms with Gasteiger partial charge in [-0.2, -0.15) is 0 Å². The second-order valence-electron chi connectivity index (χ2n) is 5.94. The van der Waals surface area contributed by atoms with E-state index in [4.69, 9.17) is 0 Å². The van der Waals surface area contributed by atoms with Crippen molar-refractivity contribution in [1.29, 1.82) is 0 Å². The Morgan fingerprint density at radius 1 is 1.27 bits per heavy atom. The molecule has 0 spiro atoms. The van der Waals surface area contributed by atoms with Crippen molar-refractivity contribution < 1.29 is 4.39 Å². The molecule has 0 aliphatic rings. The third-order valence-electron chi connectivity index (χ3n) is 3.81. The molecule has 1 aromatic rings. The van der Waals surface area contributed by atoms with Crippen molar-refractivity contribution in [1.82, 2.24) is 4.98 Å². The molecule has 1 unspecified atom stereocenters. The summed E-state index contributed by atoms with van der Waals surface area (Å²) in [5.41, 5.74) is 3.52. The van der Waals surface area contributed by atoms with Crippen LogP contribution < -0.4 is 0 Å². The van der Waals surface area contributed by atoms with Gasteiger partial charge in [0.15, 0.2) is 0 Å². The highest BCUT2D eigenvalue weighted by molar-refractivity contribution is 5.42. The fourth-order valence-electron chi connectivity index (χ4n) is 2.53. The molecule has 0 aliphatic carbocycles. The van der Waals surface area contributed by atoms with Gasteiger partial charge in [-0.05, 0) is 50.5 Å². The molecule has 0 fully saturated rings. The summed E-state index contributed by atoms with van der Waals surface area (Å²) in [5.74, 6) is -0.592. The number of nitrogens with zero attached hydrogens (tertiary/aromatic N) is 1. The van der Waals surface area contributed by atoms with Crippen molar-refractivity contribution in [3.05, 3.63) is 109 Å². The van der Waals surface area contributed by atoms with Crippen molar-refractivity contribution in [2.45, 2.75) is 32.6 Å². The molecule has 0 bridgehead atoms. The van der Waals surface area contributed by atoms with Gasteiger partial charge in [0, 0.05) is 5.92 Å². The standard InChI is InChI=1S/C24H28FN/c1-6-12-20(13-7-2)18-19(5)14-10-11-15-21(8-3)24-23(25)17-16-22(9-4)26-24/h6-9,11-17,21H,1,3-4,10,18H2,2,5H3/b13-7-,15-11-,19-14+,20-12+. The van der Waals surface area contributed by atoms with Gasteiger partial charge < -0.3 is 0 Å². The smallest absolute Gasteiger partial charge is 0.145 e. The number of pyridine rings is 1. The molecule has 1 heterocycles. The van der Waals surface area contributed by atoms with Crippen LogP contribution in [0.1, 0.15) is 44.0 Å². The predicted molar refractivity (Wildman–Crippen MR) is 112 cm³/mol. The molecule has 0 N–H and O–H groups in total. The lowest BCUT2D eigenvalue weighted by Gasteiger charge is -2.09. The zero-order chi connectivity index (χ0) is 19.4. The van der Waals surface area contributed by atoms with Crippen molar-refractivity contribution in [3.63, 3.8) is 0 Å². The largest absolute Gasteiger partial charge is 0.249 e. The van der Waals surface area contributed by atoms with Crippen LogP contribution in [0.25, 0.3) is 6.08 Å². The summed E-state index contributed by atoms with van der Waals surface area (Å²) in [6, 6.07) is 3.03. The monoisotopic (exact) mass is 349 g/mol. The first-order valence-electron chi connectivity index (χ1n) is 8.73. The first kappa shape index (κ1) is 21.3. The molecular formula is C24H28FN. The summed E-state index contributed by atoms with van der Waals surface area (Å²) >= 11 is 0. The molecule has 1 nitrogen and oxygen atoms in total.